The van der Waals surface area contributed by atoms with Crippen molar-refractivity contribution in [2.45, 2.75) is 6.92 Å². The van der Waals surface area contributed by atoms with Crippen molar-refractivity contribution in [3.63, 3.8) is 0 Å². The molecule has 116 valence electrons. The van der Waals surface area contributed by atoms with Crippen LogP contribution in [0.3, 0.4) is 0 Å². The molecule has 0 saturated heterocycles. The summed E-state index contributed by atoms with van der Waals surface area (Å²) in [5.74, 6) is -14.0. The molecule has 2 rings (SSSR count). The van der Waals surface area contributed by atoms with E-state index in [4.69, 9.17) is 0 Å². The number of rotatable bonds is 3. The number of benzene rings is 1. The summed E-state index contributed by atoms with van der Waals surface area (Å²) in [5, 5.41) is 1.80. The lowest BCUT2D eigenvalue weighted by Crippen LogP contribution is -2.11. The molecule has 0 bridgehead atoms. The standard InChI is InChI=1S/C14H7F5O2S/c1-6-4-7(22-5-6)2-3-8(20)21-14-12(18)10(16)9(15)11(17)13(14)19/h2-5H,1H3/b3-2+. The van der Waals surface area contributed by atoms with Gasteiger partial charge in [0.2, 0.25) is 34.8 Å². The van der Waals surface area contributed by atoms with E-state index < -0.39 is 40.8 Å². The third kappa shape index (κ3) is 3.16. The van der Waals surface area contributed by atoms with Crippen LogP contribution in [-0.4, -0.2) is 5.97 Å². The fourth-order valence-electron chi connectivity index (χ4n) is 1.50. The number of aryl methyl sites for hydroxylation is 1. The maximum atomic E-state index is 13.3. The zero-order valence-electron chi connectivity index (χ0n) is 10.9. The summed E-state index contributed by atoms with van der Waals surface area (Å²) in [4.78, 5) is 12.1. The van der Waals surface area contributed by atoms with Crippen molar-refractivity contribution in [1.82, 2.24) is 0 Å². The van der Waals surface area contributed by atoms with Crippen molar-refractivity contribution >= 4 is 23.4 Å². The lowest BCUT2D eigenvalue weighted by Gasteiger charge is -2.07. The van der Waals surface area contributed by atoms with E-state index in [-0.39, 0.29) is 0 Å². The lowest BCUT2D eigenvalue weighted by atomic mass is 10.2. The minimum absolute atomic E-state index is 0.659. The smallest absolute Gasteiger partial charge is 0.336 e. The van der Waals surface area contributed by atoms with Gasteiger partial charge in [0.1, 0.15) is 0 Å². The first-order chi connectivity index (χ1) is 10.3. The van der Waals surface area contributed by atoms with E-state index in [1.807, 2.05) is 6.92 Å². The summed E-state index contributed by atoms with van der Waals surface area (Å²) in [5.41, 5.74) is 0.942. The second-order valence-corrected chi connectivity index (χ2v) is 5.12. The number of halogens is 5. The average molecular weight is 334 g/mol. The molecule has 22 heavy (non-hydrogen) atoms. The van der Waals surface area contributed by atoms with Crippen LogP contribution in [-0.2, 0) is 4.79 Å². The molecule has 0 saturated carbocycles. The van der Waals surface area contributed by atoms with Crippen LogP contribution in [0.4, 0.5) is 22.0 Å². The van der Waals surface area contributed by atoms with E-state index in [2.05, 4.69) is 4.74 Å². The van der Waals surface area contributed by atoms with Gasteiger partial charge >= 0.3 is 5.97 Å². The summed E-state index contributed by atoms with van der Waals surface area (Å²) in [6, 6.07) is 1.73. The number of hydrogen-bond donors (Lipinski definition) is 0. The number of thiophene rings is 1. The van der Waals surface area contributed by atoms with E-state index in [0.29, 0.717) is 4.88 Å². The second kappa shape index (κ2) is 6.27. The largest absolute Gasteiger partial charge is 0.417 e. The quantitative estimate of drug-likeness (QED) is 0.208. The summed E-state index contributed by atoms with van der Waals surface area (Å²) < 4.78 is 69.5. The van der Waals surface area contributed by atoms with Crippen LogP contribution in [0.25, 0.3) is 6.08 Å². The van der Waals surface area contributed by atoms with Gasteiger partial charge in [-0.1, -0.05) is 0 Å². The molecule has 0 radical (unpaired) electrons. The molecule has 1 aromatic heterocycles. The molecule has 0 amide bonds. The molecule has 8 heteroatoms. The molecule has 1 heterocycles. The first-order valence-corrected chi connectivity index (χ1v) is 6.65. The highest BCUT2D eigenvalue weighted by Crippen LogP contribution is 2.29. The summed E-state index contributed by atoms with van der Waals surface area (Å²) in [7, 11) is 0. The molecule has 0 aliphatic carbocycles. The third-order valence-electron chi connectivity index (χ3n) is 2.51. The van der Waals surface area contributed by atoms with Gasteiger partial charge in [-0.3, -0.25) is 0 Å². The van der Waals surface area contributed by atoms with Gasteiger partial charge in [-0.05, 0) is 30.0 Å². The minimum atomic E-state index is -2.32. The van der Waals surface area contributed by atoms with E-state index in [1.54, 1.807) is 11.4 Å². The Kier molecular flexibility index (Phi) is 4.60. The Morgan fingerprint density at radius 3 is 2.09 bits per heavy atom. The van der Waals surface area contributed by atoms with Gasteiger partial charge in [-0.2, -0.15) is 8.78 Å². The van der Waals surface area contributed by atoms with Gasteiger partial charge in [0.15, 0.2) is 0 Å². The van der Waals surface area contributed by atoms with Crippen molar-refractivity contribution < 1.29 is 31.5 Å². The zero-order chi connectivity index (χ0) is 16.4. The number of hydrogen-bond acceptors (Lipinski definition) is 3. The molecule has 0 fully saturated rings. The Morgan fingerprint density at radius 2 is 1.59 bits per heavy atom. The highest BCUT2D eigenvalue weighted by Gasteiger charge is 2.28. The van der Waals surface area contributed by atoms with Crippen LogP contribution in [0.5, 0.6) is 5.75 Å². The molecular weight excluding hydrogens is 327 g/mol. The summed E-state index contributed by atoms with van der Waals surface area (Å²) >= 11 is 1.30. The second-order valence-electron chi connectivity index (χ2n) is 4.18. The van der Waals surface area contributed by atoms with Crippen molar-refractivity contribution in [3.05, 3.63) is 57.0 Å². The Morgan fingerprint density at radius 1 is 1.05 bits per heavy atom. The van der Waals surface area contributed by atoms with Crippen LogP contribution in [0.1, 0.15) is 10.4 Å². The molecule has 2 aromatic rings. The van der Waals surface area contributed by atoms with Gasteiger partial charge in [-0.15, -0.1) is 11.3 Å². The predicted molar refractivity (Wildman–Crippen MR) is 70.0 cm³/mol. The van der Waals surface area contributed by atoms with E-state index >= 15 is 0 Å². The van der Waals surface area contributed by atoms with Gasteiger partial charge in [-0.25, -0.2) is 18.0 Å². The zero-order valence-corrected chi connectivity index (χ0v) is 11.7. The number of carbonyl (C=O) groups excluding carboxylic acids is 1. The molecule has 0 aliphatic heterocycles. The maximum Gasteiger partial charge on any atom is 0.336 e. The Labute approximate surface area is 125 Å². The first kappa shape index (κ1) is 16.2. The molecule has 1 aromatic carbocycles. The molecule has 0 unspecified atom stereocenters. The Balaban J connectivity index is 2.24. The third-order valence-corrected chi connectivity index (χ3v) is 3.52. The van der Waals surface area contributed by atoms with Gasteiger partial charge in [0.25, 0.3) is 0 Å². The molecule has 0 N–H and O–H groups in total. The highest BCUT2D eigenvalue weighted by molar-refractivity contribution is 7.11. The van der Waals surface area contributed by atoms with Crippen LogP contribution >= 0.6 is 11.3 Å². The minimum Gasteiger partial charge on any atom is -0.417 e. The van der Waals surface area contributed by atoms with Gasteiger partial charge < -0.3 is 4.74 Å². The normalized spacial score (nSPS) is 11.2. The SMILES string of the molecule is Cc1csc(/C=C/C(=O)Oc2c(F)c(F)c(F)c(F)c2F)c1. The topological polar surface area (TPSA) is 26.3 Å². The van der Waals surface area contributed by atoms with E-state index in [9.17, 15) is 26.7 Å². The molecule has 0 spiro atoms. The van der Waals surface area contributed by atoms with Crippen molar-refractivity contribution in [2.24, 2.45) is 0 Å². The summed E-state index contributed by atoms with van der Waals surface area (Å²) in [6.45, 7) is 1.82. The van der Waals surface area contributed by atoms with Crippen molar-refractivity contribution in [1.29, 1.82) is 0 Å². The van der Waals surface area contributed by atoms with E-state index in [0.717, 1.165) is 11.6 Å². The Hall–Kier alpha value is -2.22. The number of carbonyl (C=O) groups is 1. The molecule has 0 atom stereocenters. The predicted octanol–water partition coefficient (Wildman–Crippen LogP) is 4.37. The van der Waals surface area contributed by atoms with Gasteiger partial charge in [0, 0.05) is 11.0 Å². The summed E-state index contributed by atoms with van der Waals surface area (Å²) in [6.07, 6.45) is 2.12. The fraction of sp³-hybridized carbons (Fsp3) is 0.0714. The molecule has 0 aliphatic rings. The number of ether oxygens (including phenoxy) is 1. The fourth-order valence-corrected chi connectivity index (χ4v) is 2.29. The van der Waals surface area contributed by atoms with Crippen LogP contribution in [0.2, 0.25) is 0 Å². The van der Waals surface area contributed by atoms with Crippen LogP contribution in [0, 0.1) is 36.0 Å². The first-order valence-electron chi connectivity index (χ1n) is 5.77. The van der Waals surface area contributed by atoms with Crippen molar-refractivity contribution in [2.75, 3.05) is 0 Å². The Bertz CT molecular complexity index is 738. The van der Waals surface area contributed by atoms with Crippen LogP contribution < -0.4 is 4.74 Å². The molecular formula is C14H7F5O2S. The average Bonchev–Trinajstić information content (AvgIpc) is 2.91. The highest BCUT2D eigenvalue weighted by atomic mass is 32.1. The lowest BCUT2D eigenvalue weighted by molar-refractivity contribution is -0.129. The van der Waals surface area contributed by atoms with Crippen LogP contribution in [0.15, 0.2) is 17.5 Å². The maximum absolute atomic E-state index is 13.3. The molecule has 2 nitrogen and oxygen atoms in total. The monoisotopic (exact) mass is 334 g/mol. The van der Waals surface area contributed by atoms with Gasteiger partial charge in [0.05, 0.1) is 0 Å². The number of esters is 1. The van der Waals surface area contributed by atoms with E-state index in [1.165, 1.54) is 17.4 Å². The van der Waals surface area contributed by atoms with Crippen molar-refractivity contribution in [3.8, 4) is 5.75 Å².